The summed E-state index contributed by atoms with van der Waals surface area (Å²) in [7, 11) is 0. The molecule has 1 aromatic heterocycles. The van der Waals surface area contributed by atoms with Crippen LogP contribution >= 0.6 is 12.2 Å². The standard InChI is InChI=1S/C11H10N4OS/c12-10(17)7-2-1-3-8(4-7)11(16)15-9-5-13-14-6-9/h1-6H,(H2,12,17)(H,13,14)(H,15,16). The first-order valence-electron chi connectivity index (χ1n) is 4.87. The molecule has 0 unspecified atom stereocenters. The summed E-state index contributed by atoms with van der Waals surface area (Å²) < 4.78 is 0. The highest BCUT2D eigenvalue weighted by Gasteiger charge is 2.07. The lowest BCUT2D eigenvalue weighted by atomic mass is 10.1. The van der Waals surface area contributed by atoms with Crippen LogP contribution in [0.3, 0.4) is 0 Å². The molecule has 2 aromatic rings. The Kier molecular flexibility index (Phi) is 3.15. The first-order valence-corrected chi connectivity index (χ1v) is 5.27. The van der Waals surface area contributed by atoms with E-state index in [2.05, 4.69) is 15.5 Å². The number of aromatic amines is 1. The van der Waals surface area contributed by atoms with E-state index in [1.807, 2.05) is 0 Å². The Morgan fingerprint density at radius 2 is 2.18 bits per heavy atom. The van der Waals surface area contributed by atoms with Crippen molar-refractivity contribution in [2.45, 2.75) is 0 Å². The molecule has 0 aliphatic carbocycles. The molecule has 5 nitrogen and oxygen atoms in total. The van der Waals surface area contributed by atoms with Crippen molar-refractivity contribution in [3.63, 3.8) is 0 Å². The Labute approximate surface area is 103 Å². The second kappa shape index (κ2) is 4.75. The first kappa shape index (κ1) is 11.3. The molecule has 0 atom stereocenters. The van der Waals surface area contributed by atoms with Crippen molar-refractivity contribution in [3.05, 3.63) is 47.8 Å². The number of hydrogen-bond donors (Lipinski definition) is 3. The summed E-state index contributed by atoms with van der Waals surface area (Å²) in [6.45, 7) is 0. The maximum absolute atomic E-state index is 11.8. The Morgan fingerprint density at radius 3 is 2.82 bits per heavy atom. The zero-order chi connectivity index (χ0) is 12.3. The molecule has 1 amide bonds. The van der Waals surface area contributed by atoms with Gasteiger partial charge in [0, 0.05) is 17.3 Å². The highest BCUT2D eigenvalue weighted by molar-refractivity contribution is 7.80. The molecule has 0 bridgehead atoms. The van der Waals surface area contributed by atoms with Crippen molar-refractivity contribution in [3.8, 4) is 0 Å². The summed E-state index contributed by atoms with van der Waals surface area (Å²) in [5.74, 6) is -0.232. The average molecular weight is 246 g/mol. The van der Waals surface area contributed by atoms with Gasteiger partial charge in [0.25, 0.3) is 5.91 Å². The lowest BCUT2D eigenvalue weighted by Gasteiger charge is -2.04. The molecule has 0 aliphatic heterocycles. The maximum atomic E-state index is 11.8. The van der Waals surface area contributed by atoms with Gasteiger partial charge in [0.05, 0.1) is 11.9 Å². The van der Waals surface area contributed by atoms with E-state index in [1.54, 1.807) is 30.5 Å². The Balaban J connectivity index is 2.19. The highest BCUT2D eigenvalue weighted by atomic mass is 32.1. The van der Waals surface area contributed by atoms with Gasteiger partial charge in [-0.25, -0.2) is 0 Å². The smallest absolute Gasteiger partial charge is 0.255 e. The average Bonchev–Trinajstić information content (AvgIpc) is 2.82. The summed E-state index contributed by atoms with van der Waals surface area (Å²) in [6.07, 6.45) is 3.12. The molecule has 0 fully saturated rings. The molecule has 1 heterocycles. The molecule has 0 aliphatic rings. The number of anilines is 1. The fourth-order valence-electron chi connectivity index (χ4n) is 1.34. The molecule has 0 radical (unpaired) electrons. The second-order valence-corrected chi connectivity index (χ2v) is 3.83. The SMILES string of the molecule is NC(=S)c1cccc(C(=O)Nc2cn[nH]c2)c1. The molecule has 2 rings (SSSR count). The minimum atomic E-state index is -0.232. The zero-order valence-corrected chi connectivity index (χ0v) is 9.62. The van der Waals surface area contributed by atoms with Crippen LogP contribution in [-0.2, 0) is 0 Å². The predicted octanol–water partition coefficient (Wildman–Crippen LogP) is 1.30. The number of carbonyl (C=O) groups is 1. The monoisotopic (exact) mass is 246 g/mol. The van der Waals surface area contributed by atoms with E-state index in [0.29, 0.717) is 16.8 Å². The van der Waals surface area contributed by atoms with Crippen LogP contribution < -0.4 is 11.1 Å². The minimum Gasteiger partial charge on any atom is -0.389 e. The number of carbonyl (C=O) groups excluding carboxylic acids is 1. The summed E-state index contributed by atoms with van der Waals surface area (Å²) in [5, 5.41) is 9.03. The molecule has 1 aromatic carbocycles. The van der Waals surface area contributed by atoms with E-state index >= 15 is 0 Å². The summed E-state index contributed by atoms with van der Waals surface area (Å²) >= 11 is 4.86. The highest BCUT2D eigenvalue weighted by Crippen LogP contribution is 2.09. The van der Waals surface area contributed by atoms with E-state index in [1.165, 1.54) is 6.20 Å². The number of aromatic nitrogens is 2. The largest absolute Gasteiger partial charge is 0.389 e. The van der Waals surface area contributed by atoms with Crippen molar-refractivity contribution < 1.29 is 4.79 Å². The van der Waals surface area contributed by atoms with Crippen LogP contribution in [0.15, 0.2) is 36.7 Å². The van der Waals surface area contributed by atoms with Crippen molar-refractivity contribution in [2.75, 3.05) is 5.32 Å². The van der Waals surface area contributed by atoms with Gasteiger partial charge < -0.3 is 11.1 Å². The molecule has 6 heteroatoms. The fourth-order valence-corrected chi connectivity index (χ4v) is 1.46. The lowest BCUT2D eigenvalue weighted by Crippen LogP contribution is -2.14. The molecule has 4 N–H and O–H groups in total. The minimum absolute atomic E-state index is 0.232. The number of nitrogens with zero attached hydrogens (tertiary/aromatic N) is 1. The molecule has 0 saturated heterocycles. The number of amides is 1. The van der Waals surface area contributed by atoms with Gasteiger partial charge in [-0.3, -0.25) is 9.89 Å². The Bertz CT molecular complexity index is 550. The number of hydrogen-bond acceptors (Lipinski definition) is 3. The molecule has 17 heavy (non-hydrogen) atoms. The Morgan fingerprint density at radius 1 is 1.41 bits per heavy atom. The third kappa shape index (κ3) is 2.67. The van der Waals surface area contributed by atoms with Crippen LogP contribution in [0, 0.1) is 0 Å². The van der Waals surface area contributed by atoms with Crippen LogP contribution in [0.4, 0.5) is 5.69 Å². The van der Waals surface area contributed by atoms with Crippen LogP contribution in [-0.4, -0.2) is 21.1 Å². The van der Waals surface area contributed by atoms with E-state index in [4.69, 9.17) is 18.0 Å². The molecule has 0 spiro atoms. The summed E-state index contributed by atoms with van der Waals surface area (Å²) in [4.78, 5) is 12.1. The first-order chi connectivity index (χ1) is 8.16. The fraction of sp³-hybridized carbons (Fsp3) is 0. The van der Waals surface area contributed by atoms with Gasteiger partial charge in [-0.15, -0.1) is 0 Å². The van der Waals surface area contributed by atoms with Gasteiger partial charge in [-0.1, -0.05) is 24.4 Å². The van der Waals surface area contributed by atoms with Crippen molar-refractivity contribution in [2.24, 2.45) is 5.73 Å². The predicted molar refractivity (Wildman–Crippen MR) is 68.9 cm³/mol. The molecule has 0 saturated carbocycles. The topological polar surface area (TPSA) is 83.8 Å². The normalized spacial score (nSPS) is 9.88. The van der Waals surface area contributed by atoms with Crippen LogP contribution in [0.5, 0.6) is 0 Å². The van der Waals surface area contributed by atoms with Gasteiger partial charge in [0.15, 0.2) is 0 Å². The van der Waals surface area contributed by atoms with Crippen LogP contribution in [0.2, 0.25) is 0 Å². The number of nitrogens with one attached hydrogen (secondary N) is 2. The van der Waals surface area contributed by atoms with Crippen molar-refractivity contribution in [1.82, 2.24) is 10.2 Å². The van der Waals surface area contributed by atoms with Gasteiger partial charge >= 0.3 is 0 Å². The third-order valence-corrected chi connectivity index (χ3v) is 2.40. The van der Waals surface area contributed by atoms with Crippen molar-refractivity contribution >= 4 is 28.8 Å². The summed E-state index contributed by atoms with van der Waals surface area (Å²) in [5.41, 5.74) is 7.27. The van der Waals surface area contributed by atoms with Crippen LogP contribution in [0.25, 0.3) is 0 Å². The quantitative estimate of drug-likeness (QED) is 0.713. The number of H-pyrrole nitrogens is 1. The maximum Gasteiger partial charge on any atom is 0.255 e. The van der Waals surface area contributed by atoms with Gasteiger partial charge in [0.2, 0.25) is 0 Å². The molecular formula is C11H10N4OS. The number of nitrogens with two attached hydrogens (primary N) is 1. The number of rotatable bonds is 3. The van der Waals surface area contributed by atoms with Crippen molar-refractivity contribution in [1.29, 1.82) is 0 Å². The molecular weight excluding hydrogens is 236 g/mol. The summed E-state index contributed by atoms with van der Waals surface area (Å²) in [6, 6.07) is 6.84. The van der Waals surface area contributed by atoms with E-state index in [0.717, 1.165) is 0 Å². The lowest BCUT2D eigenvalue weighted by molar-refractivity contribution is 0.102. The zero-order valence-electron chi connectivity index (χ0n) is 8.81. The van der Waals surface area contributed by atoms with Crippen LogP contribution in [0.1, 0.15) is 15.9 Å². The van der Waals surface area contributed by atoms with Gasteiger partial charge in [-0.2, -0.15) is 5.10 Å². The third-order valence-electron chi connectivity index (χ3n) is 2.17. The van der Waals surface area contributed by atoms with E-state index in [9.17, 15) is 4.79 Å². The second-order valence-electron chi connectivity index (χ2n) is 3.39. The number of benzene rings is 1. The van der Waals surface area contributed by atoms with Gasteiger partial charge in [0.1, 0.15) is 4.99 Å². The number of thiocarbonyl (C=S) groups is 1. The van der Waals surface area contributed by atoms with E-state index in [-0.39, 0.29) is 10.9 Å². The Hall–Kier alpha value is -2.21. The van der Waals surface area contributed by atoms with E-state index < -0.39 is 0 Å². The molecule has 86 valence electrons. The van der Waals surface area contributed by atoms with Gasteiger partial charge in [-0.05, 0) is 12.1 Å².